The van der Waals surface area contributed by atoms with Gasteiger partial charge in [-0.1, -0.05) is 102 Å². The lowest BCUT2D eigenvalue weighted by Crippen LogP contribution is -2.05. The number of furan rings is 1. The number of hydrogen-bond donors (Lipinski definition) is 1. The monoisotopic (exact) mass is 524 g/mol. The Morgan fingerprint density at radius 1 is 0.914 bits per heavy atom. The fourth-order valence-electron chi connectivity index (χ4n) is 4.53. The zero-order valence-electron chi connectivity index (χ0n) is 19.4. The van der Waals surface area contributed by atoms with Crippen LogP contribution in [0.1, 0.15) is 46.8 Å². The molecule has 0 aliphatic carbocycles. The van der Waals surface area contributed by atoms with Crippen molar-refractivity contribution >= 4 is 55.8 Å². The minimum absolute atomic E-state index is 0.388. The van der Waals surface area contributed by atoms with Gasteiger partial charge in [-0.3, -0.25) is 0 Å². The third-order valence-electron chi connectivity index (χ3n) is 6.35. The summed E-state index contributed by atoms with van der Waals surface area (Å²) in [7, 11) is 0. The van der Waals surface area contributed by atoms with Crippen molar-refractivity contribution in [1.29, 1.82) is 0 Å². The Balaban J connectivity index is 1.47. The zero-order chi connectivity index (χ0) is 24.4. The molecule has 4 heteroatoms. The van der Waals surface area contributed by atoms with Crippen LogP contribution in [0.2, 0.25) is 0 Å². The summed E-state index contributed by atoms with van der Waals surface area (Å²) < 4.78 is 7.08. The minimum atomic E-state index is -0.886. The predicted molar refractivity (Wildman–Crippen MR) is 148 cm³/mol. The number of rotatable bonds is 7. The number of hydrogen-bond acceptors (Lipinski definition) is 2. The van der Waals surface area contributed by atoms with E-state index in [-0.39, 0.29) is 0 Å². The van der Waals surface area contributed by atoms with E-state index < -0.39 is 5.97 Å². The first-order valence-electron chi connectivity index (χ1n) is 11.8. The van der Waals surface area contributed by atoms with Gasteiger partial charge in [0.25, 0.3) is 0 Å². The molecule has 35 heavy (non-hydrogen) atoms. The highest BCUT2D eigenvalue weighted by Crippen LogP contribution is 2.34. The van der Waals surface area contributed by atoms with Gasteiger partial charge in [0, 0.05) is 15.4 Å². The van der Waals surface area contributed by atoms with Gasteiger partial charge in [-0.2, -0.15) is 0 Å². The van der Waals surface area contributed by atoms with E-state index in [1.165, 1.54) is 10.8 Å². The summed E-state index contributed by atoms with van der Waals surface area (Å²) in [6.45, 7) is 2.11. The number of benzene rings is 4. The summed E-state index contributed by atoms with van der Waals surface area (Å²) in [4.78, 5) is 12.0. The second kappa shape index (κ2) is 9.93. The summed E-state index contributed by atoms with van der Waals surface area (Å²) in [6.07, 6.45) is 6.60. The highest BCUT2D eigenvalue weighted by molar-refractivity contribution is 9.10. The molecule has 5 aromatic rings. The molecule has 0 aliphatic rings. The maximum absolute atomic E-state index is 12.0. The first kappa shape index (κ1) is 23.1. The number of aromatic carboxylic acids is 1. The molecular formula is C31H25BrO3. The second-order valence-electron chi connectivity index (χ2n) is 8.67. The van der Waals surface area contributed by atoms with E-state index in [1.807, 2.05) is 66.7 Å². The zero-order valence-corrected chi connectivity index (χ0v) is 21.0. The summed E-state index contributed by atoms with van der Waals surface area (Å²) in [5, 5.41) is 13.3. The van der Waals surface area contributed by atoms with Crippen LogP contribution < -0.4 is 0 Å². The Hall–Kier alpha value is -3.63. The number of unbranched alkanes of at least 4 members (excludes halogenated alkanes) is 1. The molecule has 0 saturated heterocycles. The third kappa shape index (κ3) is 4.67. The molecule has 0 saturated carbocycles. The van der Waals surface area contributed by atoms with Gasteiger partial charge in [0.05, 0.1) is 5.56 Å². The van der Waals surface area contributed by atoms with E-state index in [1.54, 1.807) is 0 Å². The van der Waals surface area contributed by atoms with E-state index in [0.717, 1.165) is 57.2 Å². The summed E-state index contributed by atoms with van der Waals surface area (Å²) >= 11 is 3.69. The van der Waals surface area contributed by atoms with E-state index in [0.29, 0.717) is 11.1 Å². The Morgan fingerprint density at radius 3 is 2.54 bits per heavy atom. The van der Waals surface area contributed by atoms with Crippen LogP contribution in [0.4, 0.5) is 0 Å². The van der Waals surface area contributed by atoms with E-state index in [4.69, 9.17) is 4.42 Å². The molecule has 0 bridgehead atoms. The average molecular weight is 525 g/mol. The molecule has 1 aromatic heterocycles. The molecule has 0 radical (unpaired) electrons. The van der Waals surface area contributed by atoms with Crippen LogP contribution in [-0.4, -0.2) is 11.1 Å². The molecule has 0 amide bonds. The van der Waals surface area contributed by atoms with Crippen LogP contribution in [0.5, 0.6) is 0 Å². The van der Waals surface area contributed by atoms with Crippen LogP contribution >= 0.6 is 15.9 Å². The van der Waals surface area contributed by atoms with Crippen molar-refractivity contribution in [2.24, 2.45) is 0 Å². The lowest BCUT2D eigenvalue weighted by Gasteiger charge is -2.09. The number of carboxylic acids is 1. The molecule has 0 atom stereocenters. The van der Waals surface area contributed by atoms with Gasteiger partial charge in [0.15, 0.2) is 0 Å². The van der Waals surface area contributed by atoms with Crippen molar-refractivity contribution in [2.45, 2.75) is 26.2 Å². The van der Waals surface area contributed by atoms with Crippen LogP contribution in [-0.2, 0) is 6.42 Å². The third-order valence-corrected chi connectivity index (χ3v) is 7.04. The molecule has 5 rings (SSSR count). The molecule has 0 unspecified atom stereocenters. The summed E-state index contributed by atoms with van der Waals surface area (Å²) in [5.41, 5.74) is 4.79. The number of carbonyl (C=O) groups is 1. The quantitative estimate of drug-likeness (QED) is 0.216. The molecular weight excluding hydrogens is 500 g/mol. The van der Waals surface area contributed by atoms with Gasteiger partial charge < -0.3 is 9.52 Å². The predicted octanol–water partition coefficient (Wildman–Crippen LogP) is 9.23. The lowest BCUT2D eigenvalue weighted by atomic mass is 9.96. The van der Waals surface area contributed by atoms with Crippen LogP contribution in [0, 0.1) is 0 Å². The SMILES string of the molecule is CCCCc1cccc(/C=C/c2ccc(-c3cc4c(ccc5ccccc54)o3)cc2Br)c1C(=O)O. The maximum Gasteiger partial charge on any atom is 0.336 e. The number of aryl methyl sites for hydroxylation is 1. The maximum atomic E-state index is 12.0. The molecule has 1 N–H and O–H groups in total. The number of fused-ring (bicyclic) bond motifs is 3. The first-order chi connectivity index (χ1) is 17.0. The van der Waals surface area contributed by atoms with Gasteiger partial charge in [-0.25, -0.2) is 4.79 Å². The van der Waals surface area contributed by atoms with Gasteiger partial charge in [0.2, 0.25) is 0 Å². The van der Waals surface area contributed by atoms with Gasteiger partial charge in [-0.15, -0.1) is 0 Å². The van der Waals surface area contributed by atoms with E-state index in [9.17, 15) is 9.90 Å². The lowest BCUT2D eigenvalue weighted by molar-refractivity contribution is 0.0695. The van der Waals surface area contributed by atoms with Crippen molar-refractivity contribution in [3.05, 3.63) is 106 Å². The Labute approximate surface area is 212 Å². The normalized spacial score (nSPS) is 11.6. The van der Waals surface area contributed by atoms with Crippen LogP contribution in [0.3, 0.4) is 0 Å². The van der Waals surface area contributed by atoms with Gasteiger partial charge >= 0.3 is 5.97 Å². The van der Waals surface area contributed by atoms with E-state index >= 15 is 0 Å². The standard InChI is InChI=1S/C31H25BrO3/c1-2-3-7-22-9-6-10-23(30(22)31(33)34)14-12-21-13-15-24(18-27(21)32)29-19-26-25-11-5-4-8-20(25)16-17-28(26)35-29/h4-6,8-19H,2-3,7H2,1H3,(H,33,34)/b14-12+. The fraction of sp³-hybridized carbons (Fsp3) is 0.129. The van der Waals surface area contributed by atoms with Gasteiger partial charge in [0.1, 0.15) is 11.3 Å². The first-order valence-corrected chi connectivity index (χ1v) is 12.6. The van der Waals surface area contributed by atoms with Gasteiger partial charge in [-0.05, 0) is 58.5 Å². The topological polar surface area (TPSA) is 50.4 Å². The minimum Gasteiger partial charge on any atom is -0.478 e. The highest BCUT2D eigenvalue weighted by atomic mass is 79.9. The Bertz CT molecular complexity index is 1580. The fourth-order valence-corrected chi connectivity index (χ4v) is 5.04. The summed E-state index contributed by atoms with van der Waals surface area (Å²) in [6, 6.07) is 26.3. The largest absolute Gasteiger partial charge is 0.478 e. The number of carboxylic acid groups (broad SMARTS) is 1. The molecule has 0 aliphatic heterocycles. The molecule has 0 fully saturated rings. The van der Waals surface area contributed by atoms with Crippen molar-refractivity contribution < 1.29 is 14.3 Å². The molecule has 3 nitrogen and oxygen atoms in total. The van der Waals surface area contributed by atoms with Crippen LogP contribution in [0.15, 0.2) is 87.8 Å². The Kier molecular flexibility index (Phi) is 6.56. The van der Waals surface area contributed by atoms with Crippen molar-refractivity contribution in [3.8, 4) is 11.3 Å². The number of halogens is 1. The van der Waals surface area contributed by atoms with E-state index in [2.05, 4.69) is 47.1 Å². The van der Waals surface area contributed by atoms with Crippen molar-refractivity contribution in [2.75, 3.05) is 0 Å². The summed E-state index contributed by atoms with van der Waals surface area (Å²) in [5.74, 6) is -0.0763. The van der Waals surface area contributed by atoms with Crippen molar-refractivity contribution in [3.63, 3.8) is 0 Å². The molecule has 1 heterocycles. The van der Waals surface area contributed by atoms with Crippen LogP contribution in [0.25, 0.3) is 45.2 Å². The second-order valence-corrected chi connectivity index (χ2v) is 9.52. The smallest absolute Gasteiger partial charge is 0.336 e. The molecule has 0 spiro atoms. The highest BCUT2D eigenvalue weighted by Gasteiger charge is 2.14. The Morgan fingerprint density at radius 2 is 1.74 bits per heavy atom. The molecule has 4 aromatic carbocycles. The van der Waals surface area contributed by atoms with Crippen molar-refractivity contribution in [1.82, 2.24) is 0 Å². The average Bonchev–Trinajstić information content (AvgIpc) is 3.31. The molecule has 174 valence electrons.